The second kappa shape index (κ2) is 4.47. The highest BCUT2D eigenvalue weighted by atomic mass is 35.5. The van der Waals surface area contributed by atoms with Crippen LogP contribution < -0.4 is 0 Å². The zero-order valence-corrected chi connectivity index (χ0v) is 9.31. The predicted molar refractivity (Wildman–Crippen MR) is 65.9 cm³/mol. The first-order valence-corrected chi connectivity index (χ1v) is 4.11. The zero-order chi connectivity index (χ0) is 8.67. The molecule has 0 atom stereocenters. The van der Waals surface area contributed by atoms with Crippen LogP contribution in [0, 0.1) is 0 Å². The number of halogens is 2. The third-order valence-electron chi connectivity index (χ3n) is 2.21. The smallest absolute Gasteiger partial charge is 0.0976 e. The zero-order valence-electron chi connectivity index (χ0n) is 7.68. The van der Waals surface area contributed by atoms with Gasteiger partial charge in [-0.25, -0.2) is 4.98 Å². The number of nitrogens with zero attached hydrogens (tertiary/aromatic N) is 2. The maximum Gasteiger partial charge on any atom is 0.0976 e. The molecule has 0 bridgehead atoms. The Morgan fingerprint density at radius 2 is 1.93 bits per heavy atom. The van der Waals surface area contributed by atoms with Gasteiger partial charge in [0.1, 0.15) is 0 Å². The number of hydrogen-bond acceptors (Lipinski definition) is 2. The number of H-pyrrole nitrogens is 1. The Morgan fingerprint density at radius 3 is 2.80 bits per heavy atom. The Bertz CT molecular complexity index is 577. The molecule has 0 spiro atoms. The number of pyridine rings is 1. The second-order valence-electron chi connectivity index (χ2n) is 2.96. The lowest BCUT2D eigenvalue weighted by atomic mass is 10.1. The number of nitrogens with one attached hydrogen (secondary N) is 1. The molecule has 0 amide bonds. The molecule has 1 aromatic carbocycles. The Hall–Kier alpha value is -1.32. The van der Waals surface area contributed by atoms with Crippen molar-refractivity contribution < 1.29 is 0 Å². The minimum Gasteiger partial charge on any atom is -0.345 e. The second-order valence-corrected chi connectivity index (χ2v) is 2.96. The Kier molecular flexibility index (Phi) is 3.50. The van der Waals surface area contributed by atoms with Crippen molar-refractivity contribution in [2.45, 2.75) is 0 Å². The van der Waals surface area contributed by atoms with E-state index in [1.807, 2.05) is 18.3 Å². The molecule has 0 radical (unpaired) electrons. The van der Waals surface area contributed by atoms with Crippen LogP contribution in [-0.2, 0) is 0 Å². The monoisotopic (exact) mass is 241 g/mol. The summed E-state index contributed by atoms with van der Waals surface area (Å²) in [7, 11) is 0. The normalized spacial score (nSPS) is 9.60. The van der Waals surface area contributed by atoms with Gasteiger partial charge in [-0.05, 0) is 17.5 Å². The van der Waals surface area contributed by atoms with E-state index in [1.165, 1.54) is 5.39 Å². The Balaban J connectivity index is 0.000000562. The van der Waals surface area contributed by atoms with Crippen molar-refractivity contribution in [3.8, 4) is 0 Å². The third-order valence-corrected chi connectivity index (χ3v) is 2.21. The number of aromatic nitrogens is 3. The van der Waals surface area contributed by atoms with Gasteiger partial charge in [0, 0.05) is 17.8 Å². The summed E-state index contributed by atoms with van der Waals surface area (Å²) in [5, 5.41) is 2.27. The summed E-state index contributed by atoms with van der Waals surface area (Å²) in [6, 6.07) is 6.09. The van der Waals surface area contributed by atoms with Crippen molar-refractivity contribution in [1.29, 1.82) is 0 Å². The minimum atomic E-state index is 0. The van der Waals surface area contributed by atoms with Gasteiger partial charge in [-0.2, -0.15) is 0 Å². The van der Waals surface area contributed by atoms with Crippen molar-refractivity contribution in [3.05, 3.63) is 36.9 Å². The quantitative estimate of drug-likeness (QED) is 0.658. The Morgan fingerprint density at radius 1 is 1.07 bits per heavy atom. The van der Waals surface area contributed by atoms with E-state index in [0.717, 1.165) is 16.4 Å². The molecular formula is C10H9Cl2N3. The molecule has 3 rings (SSSR count). The molecule has 0 aliphatic rings. The predicted octanol–water partition coefficient (Wildman–Crippen LogP) is 2.95. The molecule has 0 unspecified atom stereocenters. The van der Waals surface area contributed by atoms with E-state index in [-0.39, 0.29) is 24.8 Å². The molecule has 0 aliphatic heterocycles. The maximum atomic E-state index is 4.25. The standard InChI is InChI=1S/C10H7N3.2ClH/c1-2-9-10(13-6-12-9)8-5-11-4-3-7(1)8;;/h1-6H,(H,12,13);2*1H. The lowest BCUT2D eigenvalue weighted by Crippen LogP contribution is -1.77. The largest absolute Gasteiger partial charge is 0.345 e. The molecule has 3 nitrogen and oxygen atoms in total. The van der Waals surface area contributed by atoms with Crippen molar-refractivity contribution in [1.82, 2.24) is 15.0 Å². The molecule has 78 valence electrons. The molecule has 15 heavy (non-hydrogen) atoms. The van der Waals surface area contributed by atoms with E-state index >= 15 is 0 Å². The van der Waals surface area contributed by atoms with Crippen LogP contribution in [-0.4, -0.2) is 15.0 Å². The van der Waals surface area contributed by atoms with Crippen LogP contribution in [0.25, 0.3) is 21.8 Å². The lowest BCUT2D eigenvalue weighted by molar-refractivity contribution is 1.34. The van der Waals surface area contributed by atoms with Gasteiger partial charge in [-0.1, -0.05) is 6.07 Å². The molecular weight excluding hydrogens is 233 g/mol. The molecule has 0 fully saturated rings. The fourth-order valence-corrected chi connectivity index (χ4v) is 1.57. The molecule has 1 N–H and O–H groups in total. The van der Waals surface area contributed by atoms with Gasteiger partial charge in [0.2, 0.25) is 0 Å². The highest BCUT2D eigenvalue weighted by Crippen LogP contribution is 2.20. The van der Waals surface area contributed by atoms with Gasteiger partial charge in [0.15, 0.2) is 0 Å². The summed E-state index contributed by atoms with van der Waals surface area (Å²) in [4.78, 5) is 11.4. The van der Waals surface area contributed by atoms with Gasteiger partial charge in [-0.15, -0.1) is 24.8 Å². The van der Waals surface area contributed by atoms with Crippen LogP contribution >= 0.6 is 24.8 Å². The topological polar surface area (TPSA) is 41.6 Å². The molecule has 2 aromatic heterocycles. The van der Waals surface area contributed by atoms with Gasteiger partial charge >= 0.3 is 0 Å². The average Bonchev–Trinajstić information content (AvgIpc) is 2.65. The Labute approximate surface area is 98.7 Å². The van der Waals surface area contributed by atoms with Crippen LogP contribution in [0.4, 0.5) is 0 Å². The molecule has 2 heterocycles. The summed E-state index contributed by atoms with van der Waals surface area (Å²) in [6.07, 6.45) is 5.34. The van der Waals surface area contributed by atoms with Crippen LogP contribution in [0.15, 0.2) is 36.9 Å². The highest BCUT2D eigenvalue weighted by Gasteiger charge is 2.00. The van der Waals surface area contributed by atoms with Crippen molar-refractivity contribution in [2.24, 2.45) is 0 Å². The molecule has 5 heteroatoms. The molecule has 3 aromatic rings. The highest BCUT2D eigenvalue weighted by molar-refractivity contribution is 6.03. The number of rotatable bonds is 0. The number of hydrogen-bond donors (Lipinski definition) is 1. The van der Waals surface area contributed by atoms with Crippen LogP contribution in [0.3, 0.4) is 0 Å². The van der Waals surface area contributed by atoms with E-state index in [2.05, 4.69) is 21.0 Å². The van der Waals surface area contributed by atoms with Crippen LogP contribution in [0.5, 0.6) is 0 Å². The average molecular weight is 242 g/mol. The first kappa shape index (κ1) is 11.8. The summed E-state index contributed by atoms with van der Waals surface area (Å²) >= 11 is 0. The van der Waals surface area contributed by atoms with Gasteiger partial charge in [0.05, 0.1) is 17.4 Å². The van der Waals surface area contributed by atoms with Crippen molar-refractivity contribution in [3.63, 3.8) is 0 Å². The number of benzene rings is 1. The first-order chi connectivity index (χ1) is 6.45. The number of aromatic amines is 1. The summed E-state index contributed by atoms with van der Waals surface area (Å²) < 4.78 is 0. The molecule has 0 aliphatic carbocycles. The van der Waals surface area contributed by atoms with Crippen molar-refractivity contribution >= 4 is 46.6 Å². The summed E-state index contributed by atoms with van der Waals surface area (Å²) in [5.41, 5.74) is 2.05. The number of fused-ring (bicyclic) bond motifs is 3. The first-order valence-electron chi connectivity index (χ1n) is 4.11. The van der Waals surface area contributed by atoms with Crippen molar-refractivity contribution in [2.75, 3.05) is 0 Å². The third kappa shape index (κ3) is 1.76. The SMILES string of the molecule is Cl.Cl.c1cc2ccc3[nH]cnc3c2cn1. The number of imidazole rings is 1. The van der Waals surface area contributed by atoms with Gasteiger partial charge in [-0.3, -0.25) is 4.98 Å². The summed E-state index contributed by atoms with van der Waals surface area (Å²) in [5.74, 6) is 0. The fourth-order valence-electron chi connectivity index (χ4n) is 1.57. The van der Waals surface area contributed by atoms with E-state index in [9.17, 15) is 0 Å². The van der Waals surface area contributed by atoms with Crippen LogP contribution in [0.2, 0.25) is 0 Å². The molecule has 0 saturated heterocycles. The molecule has 0 saturated carbocycles. The van der Waals surface area contributed by atoms with E-state index in [0.29, 0.717) is 0 Å². The summed E-state index contributed by atoms with van der Waals surface area (Å²) in [6.45, 7) is 0. The van der Waals surface area contributed by atoms with Gasteiger partial charge in [0.25, 0.3) is 0 Å². The fraction of sp³-hybridized carbons (Fsp3) is 0. The van der Waals surface area contributed by atoms with Gasteiger partial charge < -0.3 is 4.98 Å². The van der Waals surface area contributed by atoms with Crippen LogP contribution in [0.1, 0.15) is 0 Å². The maximum absolute atomic E-state index is 4.25. The van der Waals surface area contributed by atoms with E-state index < -0.39 is 0 Å². The lowest BCUT2D eigenvalue weighted by Gasteiger charge is -1.95. The minimum absolute atomic E-state index is 0. The van der Waals surface area contributed by atoms with E-state index in [1.54, 1.807) is 12.5 Å². The van der Waals surface area contributed by atoms with E-state index in [4.69, 9.17) is 0 Å².